The van der Waals surface area contributed by atoms with Crippen molar-refractivity contribution in [2.45, 2.75) is 24.4 Å². The lowest BCUT2D eigenvalue weighted by atomic mass is 9.97. The van der Waals surface area contributed by atoms with E-state index in [-0.39, 0.29) is 10.1 Å². The zero-order chi connectivity index (χ0) is 23.7. The van der Waals surface area contributed by atoms with Gasteiger partial charge in [0, 0.05) is 18.6 Å². The van der Waals surface area contributed by atoms with Crippen LogP contribution >= 0.6 is 0 Å². The summed E-state index contributed by atoms with van der Waals surface area (Å²) >= 11 is 0. The van der Waals surface area contributed by atoms with Crippen molar-refractivity contribution in [1.82, 2.24) is 19.9 Å². The molecule has 2 heterocycles. The van der Waals surface area contributed by atoms with Gasteiger partial charge in [0.05, 0.1) is 29.2 Å². The standard InChI is InChI=1S/C19H12F8N4O/c20-17(21,22)12-5-3-11(4-6-12)14(15-13(18(23,24)25)2-1-7-29-15)30-16(32)19(26,27)31-9-8-28-10-31/h1-10,14H,(H,30,32). The molecule has 0 radical (unpaired) electrons. The lowest BCUT2D eigenvalue weighted by molar-refractivity contribution is -0.162. The van der Waals surface area contributed by atoms with Gasteiger partial charge in [0.2, 0.25) is 0 Å². The fraction of sp³-hybridized carbons (Fsp3) is 0.211. The molecule has 0 spiro atoms. The van der Waals surface area contributed by atoms with E-state index in [0.29, 0.717) is 24.5 Å². The topological polar surface area (TPSA) is 59.8 Å². The highest BCUT2D eigenvalue weighted by Gasteiger charge is 2.44. The monoisotopic (exact) mass is 464 g/mol. The molecule has 5 nitrogen and oxygen atoms in total. The SMILES string of the molecule is O=C(NC(c1ccc(C(F)(F)F)cc1)c1ncccc1C(F)(F)F)C(F)(F)n1ccnc1. The summed E-state index contributed by atoms with van der Waals surface area (Å²) in [6, 6.07) is -1.98. The first-order valence-electron chi connectivity index (χ1n) is 8.68. The average Bonchev–Trinajstić information content (AvgIpc) is 3.26. The van der Waals surface area contributed by atoms with Crippen LogP contribution in [0.25, 0.3) is 0 Å². The summed E-state index contributed by atoms with van der Waals surface area (Å²) in [5.41, 5.74) is -3.66. The molecule has 0 aliphatic carbocycles. The van der Waals surface area contributed by atoms with E-state index >= 15 is 0 Å². The van der Waals surface area contributed by atoms with Gasteiger partial charge in [-0.3, -0.25) is 14.3 Å². The third-order valence-corrected chi connectivity index (χ3v) is 4.37. The van der Waals surface area contributed by atoms with Crippen molar-refractivity contribution in [3.8, 4) is 0 Å². The minimum absolute atomic E-state index is 0.120. The molecule has 0 fully saturated rings. The van der Waals surface area contributed by atoms with Crippen molar-refractivity contribution in [1.29, 1.82) is 0 Å². The van der Waals surface area contributed by atoms with Crippen LogP contribution in [-0.4, -0.2) is 20.4 Å². The molecule has 0 aliphatic rings. The zero-order valence-corrected chi connectivity index (χ0v) is 15.6. The summed E-state index contributed by atoms with van der Waals surface area (Å²) in [5.74, 6) is -2.01. The fourth-order valence-corrected chi connectivity index (χ4v) is 2.82. The van der Waals surface area contributed by atoms with Gasteiger partial charge in [0.25, 0.3) is 0 Å². The molecule has 0 saturated carbocycles. The summed E-state index contributed by atoms with van der Waals surface area (Å²) in [7, 11) is 0. The highest BCUT2D eigenvalue weighted by Crippen LogP contribution is 2.37. The Hall–Kier alpha value is -3.51. The quantitative estimate of drug-likeness (QED) is 0.554. The van der Waals surface area contributed by atoms with E-state index in [1.807, 2.05) is 0 Å². The molecule has 0 bridgehead atoms. The van der Waals surface area contributed by atoms with E-state index in [1.165, 1.54) is 0 Å². The number of amides is 1. The molecule has 3 rings (SSSR count). The number of alkyl halides is 8. The molecular weight excluding hydrogens is 452 g/mol. The number of nitrogens with zero attached hydrogens (tertiary/aromatic N) is 3. The maximum Gasteiger partial charge on any atom is 0.418 e. The van der Waals surface area contributed by atoms with Crippen molar-refractivity contribution >= 4 is 5.91 Å². The van der Waals surface area contributed by atoms with E-state index in [2.05, 4.69) is 9.97 Å². The molecular formula is C19H12F8N4O. The number of hydrogen-bond donors (Lipinski definition) is 1. The van der Waals surface area contributed by atoms with Crippen LogP contribution in [0.5, 0.6) is 0 Å². The van der Waals surface area contributed by atoms with Crippen LogP contribution in [0.2, 0.25) is 0 Å². The van der Waals surface area contributed by atoms with Crippen LogP contribution in [0.3, 0.4) is 0 Å². The van der Waals surface area contributed by atoms with Crippen molar-refractivity contribution in [3.63, 3.8) is 0 Å². The predicted molar refractivity (Wildman–Crippen MR) is 93.1 cm³/mol. The second-order valence-corrected chi connectivity index (χ2v) is 6.47. The van der Waals surface area contributed by atoms with E-state index in [9.17, 15) is 39.9 Å². The molecule has 1 N–H and O–H groups in total. The lowest BCUT2D eigenvalue weighted by Gasteiger charge is -2.25. The highest BCUT2D eigenvalue weighted by molar-refractivity contribution is 5.82. The molecule has 3 aromatic rings. The molecule has 0 aliphatic heterocycles. The third-order valence-electron chi connectivity index (χ3n) is 4.37. The smallest absolute Gasteiger partial charge is 0.337 e. The summed E-state index contributed by atoms with van der Waals surface area (Å²) in [6.07, 6.45) is -6.46. The van der Waals surface area contributed by atoms with Gasteiger partial charge in [-0.15, -0.1) is 0 Å². The Balaban J connectivity index is 2.08. The number of nitrogens with one attached hydrogen (secondary N) is 1. The van der Waals surface area contributed by atoms with Crippen molar-refractivity contribution in [2.75, 3.05) is 0 Å². The Morgan fingerprint density at radius 3 is 2.09 bits per heavy atom. The number of pyridine rings is 1. The molecule has 170 valence electrons. The Bertz CT molecular complexity index is 1080. The van der Waals surface area contributed by atoms with Crippen LogP contribution in [-0.2, 0) is 23.2 Å². The fourth-order valence-electron chi connectivity index (χ4n) is 2.82. The first-order chi connectivity index (χ1) is 14.8. The van der Waals surface area contributed by atoms with E-state index in [4.69, 9.17) is 0 Å². The minimum atomic E-state index is -4.98. The predicted octanol–water partition coefficient (Wildman–Crippen LogP) is 4.77. The lowest BCUT2D eigenvalue weighted by Crippen LogP contribution is -2.44. The van der Waals surface area contributed by atoms with Gasteiger partial charge in [0.1, 0.15) is 0 Å². The van der Waals surface area contributed by atoms with Crippen molar-refractivity contribution < 1.29 is 39.9 Å². The van der Waals surface area contributed by atoms with Gasteiger partial charge < -0.3 is 5.32 Å². The minimum Gasteiger partial charge on any atom is -0.337 e. The first-order valence-corrected chi connectivity index (χ1v) is 8.68. The molecule has 32 heavy (non-hydrogen) atoms. The molecule has 0 saturated heterocycles. The Kier molecular flexibility index (Phi) is 5.94. The van der Waals surface area contributed by atoms with E-state index in [1.54, 1.807) is 5.32 Å². The Labute approximate surface area is 174 Å². The molecule has 1 unspecified atom stereocenters. The molecule has 13 heteroatoms. The first kappa shape index (κ1) is 23.2. The van der Waals surface area contributed by atoms with E-state index < -0.39 is 47.2 Å². The van der Waals surface area contributed by atoms with Gasteiger partial charge in [-0.25, -0.2) is 4.98 Å². The maximum atomic E-state index is 14.4. The zero-order valence-electron chi connectivity index (χ0n) is 15.6. The summed E-state index contributed by atoms with van der Waals surface area (Å²) in [4.78, 5) is 19.3. The van der Waals surface area contributed by atoms with Crippen molar-refractivity contribution in [3.05, 3.63) is 83.7 Å². The number of hydrogen-bond acceptors (Lipinski definition) is 3. The Morgan fingerprint density at radius 2 is 1.56 bits per heavy atom. The van der Waals surface area contributed by atoms with Gasteiger partial charge in [-0.05, 0) is 29.8 Å². The molecule has 1 amide bonds. The second kappa shape index (κ2) is 8.20. The third kappa shape index (κ3) is 4.70. The Morgan fingerprint density at radius 1 is 0.906 bits per heavy atom. The van der Waals surface area contributed by atoms with E-state index in [0.717, 1.165) is 36.8 Å². The second-order valence-electron chi connectivity index (χ2n) is 6.47. The van der Waals surface area contributed by atoms with Crippen LogP contribution in [0, 0.1) is 0 Å². The van der Waals surface area contributed by atoms with Crippen LogP contribution in [0.4, 0.5) is 35.1 Å². The van der Waals surface area contributed by atoms with Gasteiger partial charge in [-0.2, -0.15) is 35.1 Å². The number of halogens is 8. The summed E-state index contributed by atoms with van der Waals surface area (Å²) in [6.45, 7) is 0. The molecule has 1 atom stereocenters. The normalized spacial score (nSPS) is 13.6. The van der Waals surface area contributed by atoms with Gasteiger partial charge in [-0.1, -0.05) is 12.1 Å². The number of rotatable bonds is 5. The largest absolute Gasteiger partial charge is 0.418 e. The summed E-state index contributed by atoms with van der Waals surface area (Å²) < 4.78 is 108. The summed E-state index contributed by atoms with van der Waals surface area (Å²) in [5, 5.41) is 1.77. The molecule has 2 aromatic heterocycles. The number of benzene rings is 1. The number of aromatic nitrogens is 3. The average molecular weight is 464 g/mol. The number of imidazole rings is 1. The van der Waals surface area contributed by atoms with Crippen LogP contribution in [0.15, 0.2) is 61.3 Å². The van der Waals surface area contributed by atoms with Gasteiger partial charge >= 0.3 is 24.3 Å². The van der Waals surface area contributed by atoms with Crippen molar-refractivity contribution in [2.24, 2.45) is 0 Å². The maximum absolute atomic E-state index is 14.4. The highest BCUT2D eigenvalue weighted by atomic mass is 19.4. The van der Waals surface area contributed by atoms with Crippen LogP contribution < -0.4 is 5.32 Å². The van der Waals surface area contributed by atoms with Crippen LogP contribution in [0.1, 0.15) is 28.4 Å². The van der Waals surface area contributed by atoms with Gasteiger partial charge in [0.15, 0.2) is 0 Å². The molecule has 1 aromatic carbocycles. The number of carbonyl (C=O) groups is 1. The number of carbonyl (C=O) groups excluding carboxylic acids is 1.